The van der Waals surface area contributed by atoms with E-state index in [1.165, 1.54) is 17.4 Å². The van der Waals surface area contributed by atoms with E-state index in [4.69, 9.17) is 14.6 Å². The number of thiophene rings is 2. The van der Waals surface area contributed by atoms with Gasteiger partial charge in [0, 0.05) is 19.6 Å². The number of carbonyl (C=O) groups excluding carboxylic acids is 1. The van der Waals surface area contributed by atoms with Crippen molar-refractivity contribution in [2.45, 2.75) is 43.6 Å². The van der Waals surface area contributed by atoms with Gasteiger partial charge in [-0.3, -0.25) is 4.79 Å². The van der Waals surface area contributed by atoms with E-state index in [1.54, 1.807) is 20.3 Å². The summed E-state index contributed by atoms with van der Waals surface area (Å²) >= 11 is 2.29. The van der Waals surface area contributed by atoms with Gasteiger partial charge in [-0.25, -0.2) is 18.5 Å². The second-order valence-electron chi connectivity index (χ2n) is 5.73. The standard InChI is InChI=1S/C15H23N3O5S3/c1-8(18(9(2)22-4)10(3)23-5)17-14(19)12-6-11-7-13(26(16,20)21)25-15(11)24-12/h6-10H,1-5H3,(H,17,19)(H2,16,20,21). The minimum Gasteiger partial charge on any atom is -0.367 e. The molecular weight excluding hydrogens is 398 g/mol. The van der Waals surface area contributed by atoms with Gasteiger partial charge in [-0.15, -0.1) is 22.7 Å². The van der Waals surface area contributed by atoms with Gasteiger partial charge in [-0.1, -0.05) is 0 Å². The summed E-state index contributed by atoms with van der Waals surface area (Å²) in [7, 11) is -0.556. The van der Waals surface area contributed by atoms with E-state index >= 15 is 0 Å². The van der Waals surface area contributed by atoms with Crippen molar-refractivity contribution in [3.8, 4) is 0 Å². The number of carbonyl (C=O) groups is 1. The fraction of sp³-hybridized carbons (Fsp3) is 0.533. The van der Waals surface area contributed by atoms with Crippen LogP contribution < -0.4 is 10.5 Å². The lowest BCUT2D eigenvalue weighted by molar-refractivity contribution is -0.138. The summed E-state index contributed by atoms with van der Waals surface area (Å²) in [5, 5.41) is 8.75. The molecule has 3 N–H and O–H groups in total. The van der Waals surface area contributed by atoms with E-state index in [-0.39, 0.29) is 28.7 Å². The van der Waals surface area contributed by atoms with Crippen molar-refractivity contribution in [3.05, 3.63) is 17.0 Å². The average Bonchev–Trinajstić information content (AvgIpc) is 3.12. The zero-order chi connectivity index (χ0) is 19.6. The van der Waals surface area contributed by atoms with Crippen LogP contribution in [0.25, 0.3) is 9.40 Å². The number of methoxy groups -OCH3 is 2. The molecule has 2 aromatic heterocycles. The number of ether oxygens (including phenoxy) is 2. The minimum atomic E-state index is -3.73. The van der Waals surface area contributed by atoms with E-state index < -0.39 is 10.0 Å². The lowest BCUT2D eigenvalue weighted by atomic mass is 10.3. The summed E-state index contributed by atoms with van der Waals surface area (Å²) in [4.78, 5) is 15.0. The van der Waals surface area contributed by atoms with Crippen molar-refractivity contribution in [1.82, 2.24) is 10.2 Å². The molecule has 0 fully saturated rings. The van der Waals surface area contributed by atoms with Crippen LogP contribution in [-0.2, 0) is 19.5 Å². The van der Waals surface area contributed by atoms with Crippen molar-refractivity contribution in [3.63, 3.8) is 0 Å². The molecule has 3 atom stereocenters. The van der Waals surface area contributed by atoms with Crippen LogP contribution in [-0.4, -0.2) is 52.1 Å². The predicted octanol–water partition coefficient (Wildman–Crippen LogP) is 1.97. The third-order valence-corrected chi connectivity index (χ3v) is 7.81. The molecule has 11 heteroatoms. The van der Waals surface area contributed by atoms with Gasteiger partial charge in [-0.2, -0.15) is 0 Å². The summed E-state index contributed by atoms with van der Waals surface area (Å²) in [5.74, 6) is -0.250. The molecule has 26 heavy (non-hydrogen) atoms. The van der Waals surface area contributed by atoms with E-state index in [0.717, 1.165) is 15.4 Å². The lowest BCUT2D eigenvalue weighted by Gasteiger charge is -2.37. The highest BCUT2D eigenvalue weighted by atomic mass is 32.2. The van der Waals surface area contributed by atoms with Crippen LogP contribution >= 0.6 is 22.7 Å². The first-order valence-electron chi connectivity index (χ1n) is 7.78. The quantitative estimate of drug-likeness (QED) is 0.631. The summed E-state index contributed by atoms with van der Waals surface area (Å²) in [6.45, 7) is 5.58. The molecule has 0 spiro atoms. The van der Waals surface area contributed by atoms with Crippen LogP contribution in [0.15, 0.2) is 16.3 Å². The van der Waals surface area contributed by atoms with Gasteiger partial charge in [0.2, 0.25) is 10.0 Å². The van der Waals surface area contributed by atoms with Crippen molar-refractivity contribution in [2.75, 3.05) is 14.2 Å². The zero-order valence-electron chi connectivity index (χ0n) is 15.2. The Balaban J connectivity index is 2.17. The molecule has 0 aliphatic rings. The maximum absolute atomic E-state index is 12.6. The van der Waals surface area contributed by atoms with Crippen molar-refractivity contribution < 1.29 is 22.7 Å². The summed E-state index contributed by atoms with van der Waals surface area (Å²) < 4.78 is 34.4. The molecule has 0 saturated carbocycles. The Morgan fingerprint density at radius 3 is 2.19 bits per heavy atom. The predicted molar refractivity (Wildman–Crippen MR) is 103 cm³/mol. The van der Waals surface area contributed by atoms with Crippen LogP contribution in [0.4, 0.5) is 0 Å². The smallest absolute Gasteiger partial charge is 0.262 e. The first kappa shape index (κ1) is 21.2. The lowest BCUT2D eigenvalue weighted by Crippen LogP contribution is -2.54. The number of hydrogen-bond acceptors (Lipinski definition) is 8. The number of nitrogens with one attached hydrogen (secondary N) is 1. The fourth-order valence-electron chi connectivity index (χ4n) is 2.57. The Morgan fingerprint density at radius 2 is 1.73 bits per heavy atom. The topological polar surface area (TPSA) is 111 Å². The van der Waals surface area contributed by atoms with Crippen LogP contribution in [0.1, 0.15) is 30.4 Å². The average molecular weight is 422 g/mol. The van der Waals surface area contributed by atoms with E-state index in [2.05, 4.69) is 5.32 Å². The molecule has 146 valence electrons. The Hall–Kier alpha value is -1.08. The molecule has 2 rings (SSSR count). The highest BCUT2D eigenvalue weighted by Gasteiger charge is 2.27. The summed E-state index contributed by atoms with van der Waals surface area (Å²) in [6, 6.07) is 3.15. The van der Waals surface area contributed by atoms with Crippen molar-refractivity contribution >= 4 is 48.0 Å². The molecular formula is C15H23N3O5S3. The first-order valence-corrected chi connectivity index (χ1v) is 11.0. The monoisotopic (exact) mass is 421 g/mol. The molecule has 0 radical (unpaired) electrons. The van der Waals surface area contributed by atoms with E-state index in [9.17, 15) is 13.2 Å². The second kappa shape index (κ2) is 8.30. The van der Waals surface area contributed by atoms with Crippen molar-refractivity contribution in [2.24, 2.45) is 5.14 Å². The second-order valence-corrected chi connectivity index (χ2v) is 9.88. The van der Waals surface area contributed by atoms with Crippen LogP contribution in [0.5, 0.6) is 0 Å². The van der Waals surface area contributed by atoms with Gasteiger partial charge in [0.25, 0.3) is 5.91 Å². The molecule has 0 aromatic carbocycles. The third kappa shape index (κ3) is 4.60. The molecule has 0 bridgehead atoms. The van der Waals surface area contributed by atoms with E-state index in [0.29, 0.717) is 10.3 Å². The Labute approximate surface area is 160 Å². The molecule has 0 aliphatic heterocycles. The normalized spacial score (nSPS) is 16.0. The fourth-order valence-corrected chi connectivity index (χ4v) is 5.82. The molecule has 2 aromatic rings. The van der Waals surface area contributed by atoms with Gasteiger partial charge in [0.15, 0.2) is 0 Å². The molecule has 8 nitrogen and oxygen atoms in total. The Morgan fingerprint density at radius 1 is 1.15 bits per heavy atom. The highest BCUT2D eigenvalue weighted by Crippen LogP contribution is 2.35. The van der Waals surface area contributed by atoms with Gasteiger partial charge in [0.1, 0.15) is 16.7 Å². The van der Waals surface area contributed by atoms with E-state index in [1.807, 2.05) is 25.7 Å². The largest absolute Gasteiger partial charge is 0.367 e. The molecule has 0 aliphatic carbocycles. The van der Waals surface area contributed by atoms with Gasteiger partial charge >= 0.3 is 0 Å². The number of amides is 1. The number of nitrogens with zero attached hydrogens (tertiary/aromatic N) is 1. The summed E-state index contributed by atoms with van der Waals surface area (Å²) in [5.41, 5.74) is 0. The third-order valence-electron chi connectivity index (χ3n) is 4.00. The van der Waals surface area contributed by atoms with Crippen LogP contribution in [0.3, 0.4) is 0 Å². The maximum atomic E-state index is 12.6. The van der Waals surface area contributed by atoms with Crippen molar-refractivity contribution in [1.29, 1.82) is 0 Å². The molecule has 2 heterocycles. The van der Waals surface area contributed by atoms with Crippen LogP contribution in [0.2, 0.25) is 0 Å². The van der Waals surface area contributed by atoms with Crippen LogP contribution in [0, 0.1) is 0 Å². The number of rotatable bonds is 8. The SMILES string of the molecule is COC(C)N(C(C)NC(=O)c1cc2cc(S(N)(=O)=O)sc2s1)C(C)OC. The number of sulfonamides is 1. The van der Waals surface area contributed by atoms with Gasteiger partial charge < -0.3 is 14.8 Å². The molecule has 0 saturated heterocycles. The number of primary sulfonamides is 1. The van der Waals surface area contributed by atoms with Gasteiger partial charge in [-0.05, 0) is 32.9 Å². The first-order chi connectivity index (χ1) is 12.1. The minimum absolute atomic E-state index is 0.0908. The number of hydrogen-bond donors (Lipinski definition) is 2. The highest BCUT2D eigenvalue weighted by molar-refractivity contribution is 7.91. The Kier molecular flexibility index (Phi) is 6.77. The van der Waals surface area contributed by atoms with Gasteiger partial charge in [0.05, 0.1) is 15.1 Å². The molecule has 3 unspecified atom stereocenters. The summed E-state index contributed by atoms with van der Waals surface area (Å²) in [6.07, 6.45) is -0.860. The zero-order valence-corrected chi connectivity index (χ0v) is 17.6. The maximum Gasteiger partial charge on any atom is 0.262 e. The number of nitrogens with two attached hydrogens (primary N) is 1. The Bertz CT molecular complexity index is 835. The number of fused-ring (bicyclic) bond motifs is 1. The molecule has 1 amide bonds.